The van der Waals surface area contributed by atoms with E-state index >= 15 is 0 Å². The predicted molar refractivity (Wildman–Crippen MR) is 160 cm³/mol. The first-order chi connectivity index (χ1) is 19.6. The number of nitrogens with one attached hydrogen (secondary N) is 1. The number of aromatic nitrogens is 2. The first-order valence-corrected chi connectivity index (χ1v) is 13.9. The van der Waals surface area contributed by atoms with Gasteiger partial charge in [-0.1, -0.05) is 54.6 Å². The van der Waals surface area contributed by atoms with E-state index in [2.05, 4.69) is 29.6 Å². The van der Waals surface area contributed by atoms with Crippen LogP contribution in [0.1, 0.15) is 53.0 Å². The number of hydrogen-bond donors (Lipinski definition) is 1. The second-order valence-electron chi connectivity index (χ2n) is 10.8. The number of ether oxygens (including phenoxy) is 2. The van der Waals surface area contributed by atoms with Gasteiger partial charge in [0.1, 0.15) is 0 Å². The van der Waals surface area contributed by atoms with Crippen molar-refractivity contribution in [2.45, 2.75) is 59.7 Å². The number of rotatable bonds is 7. The van der Waals surface area contributed by atoms with Crippen LogP contribution >= 0.6 is 0 Å². The molecule has 1 aliphatic heterocycles. The van der Waals surface area contributed by atoms with Crippen LogP contribution in [-0.4, -0.2) is 33.9 Å². The zero-order chi connectivity index (χ0) is 29.3. The van der Waals surface area contributed by atoms with Gasteiger partial charge in [-0.2, -0.15) is 5.10 Å². The Bertz CT molecular complexity index is 1630. The number of benzene rings is 3. The number of dihydropyridines is 1. The van der Waals surface area contributed by atoms with Crippen LogP contribution in [0.15, 0.2) is 102 Å². The van der Waals surface area contributed by atoms with Crippen molar-refractivity contribution in [3.8, 4) is 16.9 Å². The molecule has 1 N–H and O–H groups in total. The number of hydrogen-bond acceptors (Lipinski definition) is 6. The molecule has 0 bridgehead atoms. The molecule has 7 heteroatoms. The van der Waals surface area contributed by atoms with Gasteiger partial charge in [-0.15, -0.1) is 0 Å². The van der Waals surface area contributed by atoms with E-state index in [1.54, 1.807) is 4.68 Å². The number of para-hydroxylation sites is 1. The normalized spacial score (nSPS) is 14.1. The lowest BCUT2D eigenvalue weighted by Crippen LogP contribution is -2.33. The van der Waals surface area contributed by atoms with E-state index in [-0.39, 0.29) is 12.2 Å². The Kier molecular flexibility index (Phi) is 7.79. The van der Waals surface area contributed by atoms with Gasteiger partial charge in [0, 0.05) is 28.7 Å². The highest BCUT2D eigenvalue weighted by Crippen LogP contribution is 2.43. The highest BCUT2D eigenvalue weighted by Gasteiger charge is 2.41. The molecule has 0 atom stereocenters. The molecular weight excluding hydrogens is 514 g/mol. The molecule has 2 heterocycles. The number of carbonyl (C=O) groups is 2. The summed E-state index contributed by atoms with van der Waals surface area (Å²) >= 11 is 0. The first-order valence-electron chi connectivity index (χ1n) is 13.9. The van der Waals surface area contributed by atoms with Gasteiger partial charge < -0.3 is 14.8 Å². The van der Waals surface area contributed by atoms with E-state index in [1.165, 1.54) is 0 Å². The molecule has 1 aromatic heterocycles. The Morgan fingerprint density at radius 1 is 0.780 bits per heavy atom. The van der Waals surface area contributed by atoms with Crippen LogP contribution in [0.25, 0.3) is 27.7 Å². The van der Waals surface area contributed by atoms with Crippen LogP contribution in [0.3, 0.4) is 0 Å². The van der Waals surface area contributed by atoms with Crippen molar-refractivity contribution < 1.29 is 19.1 Å². The van der Waals surface area contributed by atoms with Crippen molar-refractivity contribution in [3.05, 3.63) is 107 Å². The average Bonchev–Trinajstić information content (AvgIpc) is 3.37. The Balaban J connectivity index is 1.79. The van der Waals surface area contributed by atoms with Crippen LogP contribution in [-0.2, 0) is 19.1 Å². The molecule has 3 aromatic carbocycles. The van der Waals surface area contributed by atoms with Crippen molar-refractivity contribution in [2.24, 2.45) is 0 Å². The monoisotopic (exact) mass is 549 g/mol. The molecule has 0 unspecified atom stereocenters. The topological polar surface area (TPSA) is 82.5 Å². The van der Waals surface area contributed by atoms with Gasteiger partial charge in [-0.3, -0.25) is 0 Å². The van der Waals surface area contributed by atoms with Crippen LogP contribution < -0.4 is 5.32 Å². The third-order valence-electron chi connectivity index (χ3n) is 6.98. The lowest BCUT2D eigenvalue weighted by Gasteiger charge is -2.31. The van der Waals surface area contributed by atoms with Crippen molar-refractivity contribution >= 4 is 22.7 Å². The molecule has 41 heavy (non-hydrogen) atoms. The lowest BCUT2D eigenvalue weighted by molar-refractivity contribution is -0.143. The number of carbonyl (C=O) groups excluding carboxylic acids is 2. The number of fused-ring (bicyclic) bond motifs is 1. The molecule has 7 nitrogen and oxygen atoms in total. The Hall–Kier alpha value is -4.65. The van der Waals surface area contributed by atoms with Crippen LogP contribution in [0.5, 0.6) is 0 Å². The largest absolute Gasteiger partial charge is 0.460 e. The molecule has 0 radical (unpaired) electrons. The maximum absolute atomic E-state index is 13.7. The zero-order valence-electron chi connectivity index (χ0n) is 24.3. The van der Waals surface area contributed by atoms with Gasteiger partial charge >= 0.3 is 11.9 Å². The van der Waals surface area contributed by atoms with Crippen molar-refractivity contribution in [2.75, 3.05) is 0 Å². The molecule has 4 aromatic rings. The average molecular weight is 550 g/mol. The fraction of sp³-hybridized carbons (Fsp3) is 0.265. The molecule has 0 saturated carbocycles. The minimum atomic E-state index is -0.771. The SMILES string of the molecule is CC1=C(C(=O)OC(C)C)C(c2cn(-c3ccccc3)nc2-c2ccc3ccccc3c2)C(C(=O)OC(C)C)=C(C)N1. The molecule has 5 rings (SSSR count). The zero-order valence-corrected chi connectivity index (χ0v) is 24.3. The summed E-state index contributed by atoms with van der Waals surface area (Å²) in [5.41, 5.74) is 5.05. The molecular formula is C34H35N3O4. The second-order valence-corrected chi connectivity index (χ2v) is 10.8. The van der Waals surface area contributed by atoms with E-state index in [4.69, 9.17) is 14.6 Å². The van der Waals surface area contributed by atoms with E-state index in [1.807, 2.05) is 96.3 Å². The fourth-order valence-electron chi connectivity index (χ4n) is 5.27. The lowest BCUT2D eigenvalue weighted by atomic mass is 9.79. The van der Waals surface area contributed by atoms with Crippen molar-refractivity contribution in [1.82, 2.24) is 15.1 Å². The first kappa shape index (κ1) is 27.9. The van der Waals surface area contributed by atoms with E-state index < -0.39 is 17.9 Å². The van der Waals surface area contributed by atoms with Crippen LogP contribution in [0.4, 0.5) is 0 Å². The summed E-state index contributed by atoms with van der Waals surface area (Å²) in [7, 11) is 0. The quantitative estimate of drug-likeness (QED) is 0.255. The molecule has 210 valence electrons. The smallest absolute Gasteiger partial charge is 0.337 e. The van der Waals surface area contributed by atoms with Gasteiger partial charge in [0.2, 0.25) is 0 Å². The summed E-state index contributed by atoms with van der Waals surface area (Å²) in [6, 6.07) is 24.1. The third kappa shape index (κ3) is 5.66. The Labute approximate surface area is 240 Å². The summed E-state index contributed by atoms with van der Waals surface area (Å²) in [6.07, 6.45) is 1.23. The summed E-state index contributed by atoms with van der Waals surface area (Å²) in [6.45, 7) is 10.9. The maximum Gasteiger partial charge on any atom is 0.337 e. The summed E-state index contributed by atoms with van der Waals surface area (Å²) in [5, 5.41) is 10.4. The fourth-order valence-corrected chi connectivity index (χ4v) is 5.27. The van der Waals surface area contributed by atoms with Gasteiger partial charge in [0.25, 0.3) is 0 Å². The molecule has 1 aliphatic rings. The van der Waals surface area contributed by atoms with E-state index in [0.717, 1.165) is 22.0 Å². The van der Waals surface area contributed by atoms with Crippen LogP contribution in [0, 0.1) is 0 Å². The van der Waals surface area contributed by atoms with Gasteiger partial charge in [0.05, 0.1) is 40.7 Å². The molecule has 0 amide bonds. The summed E-state index contributed by atoms with van der Waals surface area (Å²) < 4.78 is 13.2. The standard InChI is InChI=1S/C34H35N3O4/c1-20(2)40-33(38)29-22(5)35-23(6)30(34(39)41-21(3)4)31(29)28-19-37(27-14-8-7-9-15-27)36-32(28)26-17-16-24-12-10-11-13-25(24)18-26/h7-21,31,35H,1-6H3. The maximum atomic E-state index is 13.7. The molecule has 0 aliphatic carbocycles. The minimum Gasteiger partial charge on any atom is -0.460 e. The van der Waals surface area contributed by atoms with Crippen LogP contribution in [0.2, 0.25) is 0 Å². The Morgan fingerprint density at radius 2 is 1.34 bits per heavy atom. The van der Waals surface area contributed by atoms with Gasteiger partial charge in [-0.05, 0) is 70.5 Å². The molecule has 0 fully saturated rings. The van der Waals surface area contributed by atoms with Gasteiger partial charge in [0.15, 0.2) is 0 Å². The molecule has 0 spiro atoms. The predicted octanol–water partition coefficient (Wildman–Crippen LogP) is 6.83. The third-order valence-corrected chi connectivity index (χ3v) is 6.98. The Morgan fingerprint density at radius 3 is 1.93 bits per heavy atom. The van der Waals surface area contributed by atoms with Gasteiger partial charge in [-0.25, -0.2) is 14.3 Å². The number of allylic oxidation sites excluding steroid dienone is 2. The van der Waals surface area contributed by atoms with Crippen molar-refractivity contribution in [3.63, 3.8) is 0 Å². The second kappa shape index (κ2) is 11.5. The summed E-state index contributed by atoms with van der Waals surface area (Å²) in [5.74, 6) is -1.75. The number of nitrogens with zero attached hydrogens (tertiary/aromatic N) is 2. The molecule has 0 saturated heterocycles. The highest BCUT2D eigenvalue weighted by atomic mass is 16.5. The van der Waals surface area contributed by atoms with Crippen molar-refractivity contribution in [1.29, 1.82) is 0 Å². The highest BCUT2D eigenvalue weighted by molar-refractivity contribution is 6.01. The summed E-state index contributed by atoms with van der Waals surface area (Å²) in [4.78, 5) is 27.4. The minimum absolute atomic E-state index is 0.339. The van der Waals surface area contributed by atoms with E-state index in [0.29, 0.717) is 33.8 Å². The number of esters is 2. The van der Waals surface area contributed by atoms with E-state index in [9.17, 15) is 9.59 Å².